The van der Waals surface area contributed by atoms with Crippen LogP contribution in [-0.2, 0) is 11.8 Å². The summed E-state index contributed by atoms with van der Waals surface area (Å²) in [6.45, 7) is 11.4. The Hall–Kier alpha value is -1.24. The first-order chi connectivity index (χ1) is 10.9. The van der Waals surface area contributed by atoms with Crippen LogP contribution in [0.3, 0.4) is 0 Å². The van der Waals surface area contributed by atoms with E-state index in [0.717, 1.165) is 24.3 Å². The molecule has 0 spiro atoms. The molecule has 23 heavy (non-hydrogen) atoms. The van der Waals surface area contributed by atoms with E-state index in [4.69, 9.17) is 0 Å². The van der Waals surface area contributed by atoms with Crippen LogP contribution in [-0.4, -0.2) is 5.11 Å². The van der Waals surface area contributed by atoms with Crippen LogP contribution in [0, 0.1) is 24.2 Å². The first kappa shape index (κ1) is 15.3. The number of aryl methyl sites for hydroxylation is 2. The molecule has 1 heteroatoms. The lowest BCUT2D eigenvalue weighted by Gasteiger charge is -2.62. The summed E-state index contributed by atoms with van der Waals surface area (Å²) in [6, 6.07) is 4.41. The van der Waals surface area contributed by atoms with Crippen LogP contribution in [0.15, 0.2) is 24.3 Å². The molecule has 1 nitrogen and oxygen atoms in total. The first-order valence-corrected chi connectivity index (χ1v) is 9.41. The maximum absolute atomic E-state index is 11.1. The number of hydrogen-bond donors (Lipinski definition) is 1. The highest BCUT2D eigenvalue weighted by Crippen LogP contribution is 2.68. The summed E-state index contributed by atoms with van der Waals surface area (Å²) in [4.78, 5) is 0. The summed E-state index contributed by atoms with van der Waals surface area (Å²) >= 11 is 0. The van der Waals surface area contributed by atoms with Gasteiger partial charge in [0.25, 0.3) is 0 Å². The van der Waals surface area contributed by atoms with Crippen LogP contribution >= 0.6 is 0 Å². The van der Waals surface area contributed by atoms with Crippen molar-refractivity contribution in [2.24, 2.45) is 17.3 Å². The maximum Gasteiger partial charge on any atom is 0.122 e. The molecule has 2 fully saturated rings. The molecule has 124 valence electrons. The zero-order valence-electron chi connectivity index (χ0n) is 14.9. The number of allylic oxidation sites excluding steroid dienone is 1. The van der Waals surface area contributed by atoms with E-state index in [1.807, 2.05) is 0 Å². The van der Waals surface area contributed by atoms with Crippen molar-refractivity contribution in [1.29, 1.82) is 0 Å². The highest BCUT2D eigenvalue weighted by Gasteiger charge is 2.61. The number of benzene rings is 1. The zero-order valence-corrected chi connectivity index (χ0v) is 14.9. The first-order valence-electron chi connectivity index (χ1n) is 9.41. The minimum Gasteiger partial charge on any atom is -0.507 e. The third-order valence-corrected chi connectivity index (χ3v) is 8.04. The van der Waals surface area contributed by atoms with Crippen LogP contribution in [0.25, 0.3) is 0 Å². The number of phenols is 1. The van der Waals surface area contributed by atoms with Gasteiger partial charge < -0.3 is 5.11 Å². The molecule has 4 rings (SSSR count). The molecule has 1 N–H and O–H groups in total. The van der Waals surface area contributed by atoms with Gasteiger partial charge in [-0.1, -0.05) is 44.6 Å². The van der Waals surface area contributed by atoms with Gasteiger partial charge in [0.2, 0.25) is 0 Å². The fourth-order valence-corrected chi connectivity index (χ4v) is 6.58. The fourth-order valence-electron chi connectivity index (χ4n) is 6.58. The van der Waals surface area contributed by atoms with E-state index in [9.17, 15) is 5.11 Å². The van der Waals surface area contributed by atoms with Crippen molar-refractivity contribution in [3.05, 3.63) is 41.0 Å². The maximum atomic E-state index is 11.1. The van der Waals surface area contributed by atoms with Gasteiger partial charge in [-0.05, 0) is 73.8 Å². The molecule has 4 atom stereocenters. The highest BCUT2D eigenvalue weighted by molar-refractivity contribution is 5.54. The molecule has 0 amide bonds. The van der Waals surface area contributed by atoms with Crippen LogP contribution in [0.5, 0.6) is 5.75 Å². The molecule has 0 aliphatic heterocycles. The second-order valence-electron chi connectivity index (χ2n) is 8.66. The van der Waals surface area contributed by atoms with Crippen molar-refractivity contribution >= 4 is 0 Å². The predicted octanol–water partition coefficient (Wildman–Crippen LogP) is 5.68. The second kappa shape index (κ2) is 4.88. The average molecular weight is 310 g/mol. The van der Waals surface area contributed by atoms with Crippen LogP contribution < -0.4 is 0 Å². The van der Waals surface area contributed by atoms with Crippen LogP contribution in [0.2, 0.25) is 0 Å². The van der Waals surface area contributed by atoms with E-state index in [1.165, 1.54) is 48.8 Å². The molecule has 0 radical (unpaired) electrons. The van der Waals surface area contributed by atoms with E-state index >= 15 is 0 Å². The monoisotopic (exact) mass is 310 g/mol. The molecule has 1 unspecified atom stereocenters. The van der Waals surface area contributed by atoms with Gasteiger partial charge in [0.05, 0.1) is 0 Å². The minimum atomic E-state index is 0.0905. The summed E-state index contributed by atoms with van der Waals surface area (Å²) in [5.41, 5.74) is 5.54. The average Bonchev–Trinajstić information content (AvgIpc) is 2.59. The Morgan fingerprint density at radius 2 is 1.96 bits per heavy atom. The zero-order chi connectivity index (χ0) is 16.4. The smallest absolute Gasteiger partial charge is 0.122 e. The molecule has 0 heterocycles. The lowest BCUT2D eigenvalue weighted by molar-refractivity contribution is -0.0418. The highest BCUT2D eigenvalue weighted by atomic mass is 16.3. The predicted molar refractivity (Wildman–Crippen MR) is 95.8 cm³/mol. The van der Waals surface area contributed by atoms with E-state index in [1.54, 1.807) is 0 Å². The Kier molecular flexibility index (Phi) is 3.25. The Labute approximate surface area is 140 Å². The van der Waals surface area contributed by atoms with Gasteiger partial charge in [0.15, 0.2) is 0 Å². The van der Waals surface area contributed by atoms with E-state index < -0.39 is 0 Å². The van der Waals surface area contributed by atoms with Gasteiger partial charge in [-0.15, -0.1) is 0 Å². The third kappa shape index (κ3) is 1.74. The van der Waals surface area contributed by atoms with Gasteiger partial charge in [-0.2, -0.15) is 0 Å². The van der Waals surface area contributed by atoms with Crippen molar-refractivity contribution < 1.29 is 5.11 Å². The molecule has 2 saturated carbocycles. The SMILES string of the molecule is C=C1CC[C@@]2(C)[C@H]3CCCC2(c2c(ccc(C)c2O)CC3)[C@H]1C. The van der Waals surface area contributed by atoms with Crippen molar-refractivity contribution in [2.75, 3.05) is 0 Å². The lowest BCUT2D eigenvalue weighted by atomic mass is 9.42. The Morgan fingerprint density at radius 3 is 2.74 bits per heavy atom. The summed E-state index contributed by atoms with van der Waals surface area (Å²) in [5, 5.41) is 11.1. The fraction of sp³-hybridized carbons (Fsp3) is 0.636. The number of hydrogen-bond acceptors (Lipinski definition) is 1. The minimum absolute atomic E-state index is 0.0905. The molecular weight excluding hydrogens is 280 g/mol. The van der Waals surface area contributed by atoms with E-state index in [-0.39, 0.29) is 5.41 Å². The van der Waals surface area contributed by atoms with Gasteiger partial charge in [-0.25, -0.2) is 0 Å². The Bertz CT molecular complexity index is 673. The van der Waals surface area contributed by atoms with Crippen molar-refractivity contribution in [1.82, 2.24) is 0 Å². The molecule has 3 aliphatic carbocycles. The van der Waals surface area contributed by atoms with Gasteiger partial charge in [-0.3, -0.25) is 0 Å². The molecular formula is C22H30O. The van der Waals surface area contributed by atoms with Crippen molar-refractivity contribution in [2.45, 2.75) is 71.1 Å². The van der Waals surface area contributed by atoms with Crippen LogP contribution in [0.4, 0.5) is 0 Å². The lowest BCUT2D eigenvalue weighted by Crippen LogP contribution is -2.57. The topological polar surface area (TPSA) is 20.2 Å². The van der Waals surface area contributed by atoms with E-state index in [0.29, 0.717) is 17.1 Å². The summed E-state index contributed by atoms with van der Waals surface area (Å²) in [7, 11) is 0. The summed E-state index contributed by atoms with van der Waals surface area (Å²) < 4.78 is 0. The standard InChI is InChI=1S/C22H30O/c1-14-11-13-21(4)18-6-5-12-22(21,16(14)3)19-17(9-10-18)8-7-15(2)20(19)23/h7-8,16,18,23H,1,5-6,9-13H2,2-4H3/t16-,18-,21-,22?/m0/s1. The number of rotatable bonds is 0. The molecule has 0 aromatic heterocycles. The third-order valence-electron chi connectivity index (χ3n) is 8.04. The number of phenolic OH excluding ortho intramolecular Hbond substituents is 1. The quantitative estimate of drug-likeness (QED) is 0.611. The Balaban J connectivity index is 2.07. The number of fused-ring (bicyclic) bond motifs is 1. The normalized spacial score (nSPS) is 39.3. The second-order valence-corrected chi connectivity index (χ2v) is 8.66. The molecule has 1 aromatic carbocycles. The van der Waals surface area contributed by atoms with Gasteiger partial charge in [0, 0.05) is 11.0 Å². The number of aromatic hydroxyl groups is 1. The summed E-state index contributed by atoms with van der Waals surface area (Å²) in [5.74, 6) is 1.84. The van der Waals surface area contributed by atoms with Gasteiger partial charge in [0.1, 0.15) is 5.75 Å². The van der Waals surface area contributed by atoms with Crippen LogP contribution in [0.1, 0.15) is 69.1 Å². The largest absolute Gasteiger partial charge is 0.507 e. The molecule has 3 aliphatic rings. The van der Waals surface area contributed by atoms with Crippen molar-refractivity contribution in [3.63, 3.8) is 0 Å². The van der Waals surface area contributed by atoms with Gasteiger partial charge >= 0.3 is 0 Å². The summed E-state index contributed by atoms with van der Waals surface area (Å²) in [6.07, 6.45) is 8.70. The van der Waals surface area contributed by atoms with Crippen molar-refractivity contribution in [3.8, 4) is 5.75 Å². The Morgan fingerprint density at radius 1 is 1.17 bits per heavy atom. The van der Waals surface area contributed by atoms with E-state index in [2.05, 4.69) is 39.5 Å². The molecule has 0 saturated heterocycles. The molecule has 2 bridgehead atoms. The molecule has 1 aromatic rings.